The van der Waals surface area contributed by atoms with Crippen LogP contribution in [0.2, 0.25) is 0 Å². The number of rotatable bonds is 4. The molecule has 0 saturated heterocycles. The third-order valence-corrected chi connectivity index (χ3v) is 5.23. The first kappa shape index (κ1) is 19.4. The standard InChI is InChI=1S/C24H15N3O5/c28-20(13-27-23(26-32-24(27)31)14-6-2-1-3-7-14)25-15-10-11-18-19(12-15)22(30)17-9-5-4-8-16(17)21(18)29/h1-12H,13H2,(H,25,28). The van der Waals surface area contributed by atoms with Crippen LogP contribution in [0.3, 0.4) is 0 Å². The highest BCUT2D eigenvalue weighted by Gasteiger charge is 2.29. The zero-order valence-corrected chi connectivity index (χ0v) is 16.6. The number of nitrogens with one attached hydrogen (secondary N) is 1. The van der Waals surface area contributed by atoms with Crippen LogP contribution in [0.4, 0.5) is 5.69 Å². The minimum absolute atomic E-state index is 0.221. The summed E-state index contributed by atoms with van der Waals surface area (Å²) in [5, 5.41) is 6.42. The van der Waals surface area contributed by atoms with Gasteiger partial charge in [0.25, 0.3) is 0 Å². The molecule has 0 radical (unpaired) electrons. The molecule has 4 aromatic rings. The molecule has 0 bridgehead atoms. The highest BCUT2D eigenvalue weighted by Crippen LogP contribution is 2.29. The van der Waals surface area contributed by atoms with Gasteiger partial charge >= 0.3 is 5.76 Å². The molecule has 1 aliphatic carbocycles. The van der Waals surface area contributed by atoms with E-state index in [2.05, 4.69) is 10.5 Å². The first-order chi connectivity index (χ1) is 15.5. The Kier molecular flexibility index (Phi) is 4.59. The Morgan fingerprint density at radius 1 is 0.812 bits per heavy atom. The van der Waals surface area contributed by atoms with Crippen LogP contribution in [0.25, 0.3) is 11.4 Å². The van der Waals surface area contributed by atoms with E-state index in [0.717, 1.165) is 4.57 Å². The smallest absolute Gasteiger partial charge is 0.325 e. The Morgan fingerprint density at radius 3 is 2.16 bits per heavy atom. The second kappa shape index (κ2) is 7.59. The Labute approximate surface area is 181 Å². The molecule has 3 aromatic carbocycles. The fourth-order valence-corrected chi connectivity index (χ4v) is 3.72. The number of hydrogen-bond acceptors (Lipinski definition) is 6. The summed E-state index contributed by atoms with van der Waals surface area (Å²) in [5.74, 6) is -1.57. The lowest BCUT2D eigenvalue weighted by Crippen LogP contribution is -2.26. The van der Waals surface area contributed by atoms with Crippen molar-refractivity contribution in [3.8, 4) is 11.4 Å². The molecule has 0 spiro atoms. The van der Waals surface area contributed by atoms with Gasteiger partial charge in [0.1, 0.15) is 6.54 Å². The molecule has 1 N–H and O–H groups in total. The van der Waals surface area contributed by atoms with E-state index in [1.54, 1.807) is 54.6 Å². The fourth-order valence-electron chi connectivity index (χ4n) is 3.72. The van der Waals surface area contributed by atoms with Gasteiger partial charge in [0, 0.05) is 33.5 Å². The Morgan fingerprint density at radius 2 is 1.44 bits per heavy atom. The summed E-state index contributed by atoms with van der Waals surface area (Å²) in [6.07, 6.45) is 0. The van der Waals surface area contributed by atoms with Crippen LogP contribution in [0.5, 0.6) is 0 Å². The predicted octanol–water partition coefficient (Wildman–Crippen LogP) is 2.92. The van der Waals surface area contributed by atoms with Crippen LogP contribution in [0.15, 0.2) is 82.1 Å². The molecular formula is C24H15N3O5. The van der Waals surface area contributed by atoms with E-state index in [1.807, 2.05) is 6.07 Å². The number of fused-ring (bicyclic) bond motifs is 2. The van der Waals surface area contributed by atoms with Crippen molar-refractivity contribution in [3.05, 3.63) is 106 Å². The Bertz CT molecular complexity index is 1450. The maximum atomic E-state index is 12.9. The third-order valence-electron chi connectivity index (χ3n) is 5.23. The summed E-state index contributed by atoms with van der Waals surface area (Å²) < 4.78 is 5.85. The first-order valence-electron chi connectivity index (χ1n) is 9.77. The zero-order chi connectivity index (χ0) is 22.2. The number of aromatic nitrogens is 2. The molecule has 0 saturated carbocycles. The van der Waals surface area contributed by atoms with E-state index in [9.17, 15) is 19.2 Å². The van der Waals surface area contributed by atoms with Gasteiger partial charge in [-0.3, -0.25) is 18.9 Å². The van der Waals surface area contributed by atoms with E-state index in [0.29, 0.717) is 22.4 Å². The highest BCUT2D eigenvalue weighted by molar-refractivity contribution is 6.28. The van der Waals surface area contributed by atoms with Crippen LogP contribution in [-0.4, -0.2) is 27.2 Å². The molecule has 8 nitrogen and oxygen atoms in total. The molecule has 32 heavy (non-hydrogen) atoms. The summed E-state index contributed by atoms with van der Waals surface area (Å²) in [4.78, 5) is 50.3. The summed E-state index contributed by atoms with van der Waals surface area (Å²) in [6, 6.07) is 20.0. The molecule has 1 heterocycles. The molecule has 0 fully saturated rings. The van der Waals surface area contributed by atoms with Crippen LogP contribution >= 0.6 is 0 Å². The maximum Gasteiger partial charge on any atom is 0.442 e. The van der Waals surface area contributed by atoms with E-state index < -0.39 is 11.7 Å². The monoisotopic (exact) mass is 425 g/mol. The van der Waals surface area contributed by atoms with Crippen molar-refractivity contribution in [2.75, 3.05) is 5.32 Å². The molecule has 0 aliphatic heterocycles. The second-order valence-electron chi connectivity index (χ2n) is 7.24. The topological polar surface area (TPSA) is 111 Å². The van der Waals surface area contributed by atoms with Gasteiger partial charge in [-0.25, -0.2) is 9.36 Å². The molecule has 0 unspecified atom stereocenters. The number of nitrogens with zero attached hydrogens (tertiary/aromatic N) is 2. The number of ketones is 2. The lowest BCUT2D eigenvalue weighted by molar-refractivity contribution is -0.116. The number of carbonyl (C=O) groups excluding carboxylic acids is 3. The molecule has 1 amide bonds. The minimum Gasteiger partial charge on any atom is -0.325 e. The average Bonchev–Trinajstić information content (AvgIpc) is 3.18. The van der Waals surface area contributed by atoms with Crippen molar-refractivity contribution in [2.24, 2.45) is 0 Å². The van der Waals surface area contributed by atoms with Crippen molar-refractivity contribution >= 4 is 23.2 Å². The molecule has 1 aliphatic rings. The molecule has 8 heteroatoms. The lowest BCUT2D eigenvalue weighted by Gasteiger charge is -2.18. The van der Waals surface area contributed by atoms with Crippen molar-refractivity contribution in [3.63, 3.8) is 0 Å². The number of amides is 1. The summed E-state index contributed by atoms with van der Waals surface area (Å²) in [5.41, 5.74) is 2.16. The Hall–Kier alpha value is -4.59. The fraction of sp³-hybridized carbons (Fsp3) is 0.0417. The van der Waals surface area contributed by atoms with Crippen molar-refractivity contribution in [1.82, 2.24) is 9.72 Å². The highest BCUT2D eigenvalue weighted by atomic mass is 16.5. The summed E-state index contributed by atoms with van der Waals surface area (Å²) in [6.45, 7) is -0.334. The van der Waals surface area contributed by atoms with E-state index in [1.165, 1.54) is 12.1 Å². The SMILES string of the molecule is O=C(Cn1c(-c2ccccc2)noc1=O)Nc1ccc2c(c1)C(=O)c1ccccc1C2=O. The van der Waals surface area contributed by atoms with Crippen molar-refractivity contribution < 1.29 is 18.9 Å². The maximum absolute atomic E-state index is 12.9. The predicted molar refractivity (Wildman–Crippen MR) is 115 cm³/mol. The van der Waals surface area contributed by atoms with Gasteiger partial charge in [-0.1, -0.05) is 59.8 Å². The van der Waals surface area contributed by atoms with Gasteiger partial charge < -0.3 is 5.32 Å². The van der Waals surface area contributed by atoms with E-state index >= 15 is 0 Å². The molecule has 0 atom stereocenters. The number of anilines is 1. The quantitative estimate of drug-likeness (QED) is 0.474. The number of carbonyl (C=O) groups is 3. The molecule has 1 aromatic heterocycles. The van der Waals surface area contributed by atoms with Gasteiger partial charge in [0.15, 0.2) is 17.4 Å². The van der Waals surface area contributed by atoms with Gasteiger partial charge in [-0.2, -0.15) is 0 Å². The largest absolute Gasteiger partial charge is 0.442 e. The van der Waals surface area contributed by atoms with Crippen LogP contribution in [-0.2, 0) is 11.3 Å². The minimum atomic E-state index is -0.762. The summed E-state index contributed by atoms with van der Waals surface area (Å²) >= 11 is 0. The van der Waals surface area contributed by atoms with E-state index in [4.69, 9.17) is 4.52 Å². The second-order valence-corrected chi connectivity index (χ2v) is 7.24. The first-order valence-corrected chi connectivity index (χ1v) is 9.77. The molecule has 156 valence electrons. The average molecular weight is 425 g/mol. The van der Waals surface area contributed by atoms with Crippen molar-refractivity contribution in [1.29, 1.82) is 0 Å². The normalized spacial score (nSPS) is 12.2. The Balaban J connectivity index is 1.40. The molecular weight excluding hydrogens is 410 g/mol. The third kappa shape index (κ3) is 3.24. The van der Waals surface area contributed by atoms with Gasteiger partial charge in [0.05, 0.1) is 0 Å². The van der Waals surface area contributed by atoms with Gasteiger partial charge in [0.2, 0.25) is 5.91 Å². The van der Waals surface area contributed by atoms with Crippen LogP contribution in [0, 0.1) is 0 Å². The zero-order valence-electron chi connectivity index (χ0n) is 16.6. The van der Waals surface area contributed by atoms with Crippen molar-refractivity contribution in [2.45, 2.75) is 6.54 Å². The number of benzene rings is 3. The molecule has 5 rings (SSSR count). The van der Waals surface area contributed by atoms with Gasteiger partial charge in [-0.15, -0.1) is 0 Å². The number of hydrogen-bond donors (Lipinski definition) is 1. The lowest BCUT2D eigenvalue weighted by atomic mass is 9.84. The van der Waals surface area contributed by atoms with Gasteiger partial charge in [-0.05, 0) is 18.2 Å². The van der Waals surface area contributed by atoms with E-state index in [-0.39, 0.29) is 35.1 Å². The summed E-state index contributed by atoms with van der Waals surface area (Å²) in [7, 11) is 0. The van der Waals surface area contributed by atoms with Crippen LogP contribution in [0.1, 0.15) is 31.8 Å². The van der Waals surface area contributed by atoms with Crippen LogP contribution < -0.4 is 11.1 Å².